The first-order valence-electron chi connectivity index (χ1n) is 8.76. The van der Waals surface area contributed by atoms with Gasteiger partial charge in [-0.05, 0) is 49.9 Å². The van der Waals surface area contributed by atoms with Crippen molar-refractivity contribution in [2.24, 2.45) is 5.92 Å². The van der Waals surface area contributed by atoms with Gasteiger partial charge in [-0.25, -0.2) is 4.98 Å². The Bertz CT molecular complexity index is 716. The van der Waals surface area contributed by atoms with Crippen molar-refractivity contribution >= 4 is 17.2 Å². The molecule has 0 bridgehead atoms. The molecule has 2 aromatic rings. The number of carbonyl (C=O) groups excluding carboxylic acids is 1. The molecule has 1 atom stereocenters. The summed E-state index contributed by atoms with van der Waals surface area (Å²) < 4.78 is 2.23. The number of amides is 1. The number of thiophene rings is 1. The average molecular weight is 344 g/mol. The molecule has 1 amide bonds. The highest BCUT2D eigenvalue weighted by Crippen LogP contribution is 2.23. The highest BCUT2D eigenvalue weighted by molar-refractivity contribution is 7.12. The molecule has 24 heavy (non-hydrogen) atoms. The Morgan fingerprint density at radius 3 is 2.92 bits per heavy atom. The minimum atomic E-state index is 0.158. The first-order valence-corrected chi connectivity index (χ1v) is 9.64. The number of hydrogen-bond donors (Lipinski definition) is 0. The lowest BCUT2D eigenvalue weighted by Crippen LogP contribution is -2.38. The van der Waals surface area contributed by atoms with E-state index in [9.17, 15) is 4.79 Å². The van der Waals surface area contributed by atoms with Gasteiger partial charge in [-0.1, -0.05) is 0 Å². The number of rotatable bonds is 3. The van der Waals surface area contributed by atoms with Crippen molar-refractivity contribution < 1.29 is 4.79 Å². The van der Waals surface area contributed by atoms with Crippen LogP contribution in [0.4, 0.5) is 0 Å². The van der Waals surface area contributed by atoms with Crippen LogP contribution in [0, 0.1) is 12.8 Å². The molecule has 0 saturated carbocycles. The smallest absolute Gasteiger partial charge is 0.264 e. The summed E-state index contributed by atoms with van der Waals surface area (Å²) in [6.07, 6.45) is 6.52. The van der Waals surface area contributed by atoms with Gasteiger partial charge in [0.05, 0.1) is 11.4 Å². The highest BCUT2D eigenvalue weighted by atomic mass is 32.1. The normalized spacial score (nSPS) is 21.7. The van der Waals surface area contributed by atoms with Gasteiger partial charge in [0.1, 0.15) is 5.82 Å². The van der Waals surface area contributed by atoms with E-state index in [1.165, 1.54) is 25.9 Å². The number of likely N-dealkylation sites (tertiary alicyclic amines) is 1. The molecule has 2 aliphatic heterocycles. The number of fused-ring (bicyclic) bond motifs is 1. The number of nitrogens with zero attached hydrogens (tertiary/aromatic N) is 4. The number of aryl methyl sites for hydroxylation is 1. The molecular weight excluding hydrogens is 320 g/mol. The van der Waals surface area contributed by atoms with Crippen molar-refractivity contribution in [1.29, 1.82) is 0 Å². The largest absolute Gasteiger partial charge is 0.333 e. The lowest BCUT2D eigenvalue weighted by molar-refractivity contribution is 0.0711. The lowest BCUT2D eigenvalue weighted by atomic mass is 10.1. The fourth-order valence-electron chi connectivity index (χ4n) is 3.88. The molecule has 5 nitrogen and oxygen atoms in total. The van der Waals surface area contributed by atoms with Gasteiger partial charge in [-0.15, -0.1) is 11.3 Å². The molecule has 2 aromatic heterocycles. The number of hydrogen-bond acceptors (Lipinski definition) is 4. The van der Waals surface area contributed by atoms with Gasteiger partial charge < -0.3 is 14.4 Å². The van der Waals surface area contributed by atoms with E-state index in [4.69, 9.17) is 0 Å². The summed E-state index contributed by atoms with van der Waals surface area (Å²) >= 11 is 1.55. The van der Waals surface area contributed by atoms with E-state index in [2.05, 4.69) is 20.6 Å². The topological polar surface area (TPSA) is 41.4 Å². The second-order valence-electron chi connectivity index (χ2n) is 6.99. The minimum Gasteiger partial charge on any atom is -0.333 e. The Kier molecular flexibility index (Phi) is 4.41. The quantitative estimate of drug-likeness (QED) is 0.859. The Hall–Kier alpha value is -1.66. The molecule has 6 heteroatoms. The van der Waals surface area contributed by atoms with Crippen LogP contribution in [0.15, 0.2) is 23.8 Å². The van der Waals surface area contributed by atoms with E-state index in [1.807, 2.05) is 29.5 Å². The predicted molar refractivity (Wildman–Crippen MR) is 95.2 cm³/mol. The van der Waals surface area contributed by atoms with Gasteiger partial charge in [0.15, 0.2) is 0 Å². The molecule has 0 N–H and O–H groups in total. The maximum absolute atomic E-state index is 13.0. The van der Waals surface area contributed by atoms with Gasteiger partial charge in [-0.2, -0.15) is 0 Å². The van der Waals surface area contributed by atoms with Crippen LogP contribution in [0.25, 0.3) is 0 Å². The van der Waals surface area contributed by atoms with Crippen molar-refractivity contribution in [1.82, 2.24) is 19.4 Å². The molecular formula is C18H24N4OS. The first kappa shape index (κ1) is 15.8. The van der Waals surface area contributed by atoms with Crippen molar-refractivity contribution in [2.75, 3.05) is 26.2 Å². The second-order valence-corrected chi connectivity index (χ2v) is 7.90. The van der Waals surface area contributed by atoms with Gasteiger partial charge >= 0.3 is 0 Å². The number of imidazole rings is 1. The van der Waals surface area contributed by atoms with Crippen molar-refractivity contribution in [3.63, 3.8) is 0 Å². The molecule has 0 aromatic carbocycles. The minimum absolute atomic E-state index is 0.158. The predicted octanol–water partition coefficient (Wildman–Crippen LogP) is 2.62. The zero-order valence-corrected chi connectivity index (χ0v) is 15.0. The Morgan fingerprint density at radius 2 is 2.17 bits per heavy atom. The SMILES string of the molecule is Cc1ccsc1C(=O)N1Cc2nccn2C[C@H](CN2CCCC2)C1. The van der Waals surface area contributed by atoms with Crippen LogP contribution in [-0.4, -0.2) is 51.4 Å². The second kappa shape index (κ2) is 6.69. The standard InChI is InChI=1S/C18H24N4OS/c1-14-4-9-24-17(14)18(23)22-12-15(10-20-6-2-3-7-20)11-21-8-5-19-16(21)13-22/h4-5,8-9,15H,2-3,6-7,10-13H2,1H3/t15-/m0/s1. The number of aromatic nitrogens is 2. The van der Waals surface area contributed by atoms with Crippen LogP contribution in [0.5, 0.6) is 0 Å². The molecule has 0 spiro atoms. The van der Waals surface area contributed by atoms with Crippen LogP contribution in [0.3, 0.4) is 0 Å². The molecule has 0 radical (unpaired) electrons. The third-order valence-electron chi connectivity index (χ3n) is 5.13. The molecule has 0 aliphatic carbocycles. The van der Waals surface area contributed by atoms with Gasteiger partial charge in [-0.3, -0.25) is 4.79 Å². The van der Waals surface area contributed by atoms with E-state index in [-0.39, 0.29) is 5.91 Å². The summed E-state index contributed by atoms with van der Waals surface area (Å²) in [4.78, 5) is 22.9. The molecule has 1 fully saturated rings. The van der Waals surface area contributed by atoms with Gasteiger partial charge in [0.25, 0.3) is 5.91 Å². The Labute approximate surface area is 146 Å². The van der Waals surface area contributed by atoms with Crippen LogP contribution in [0.2, 0.25) is 0 Å². The van der Waals surface area contributed by atoms with E-state index < -0.39 is 0 Å². The maximum Gasteiger partial charge on any atom is 0.264 e. The maximum atomic E-state index is 13.0. The zero-order valence-electron chi connectivity index (χ0n) is 14.1. The van der Waals surface area contributed by atoms with E-state index in [0.717, 1.165) is 35.9 Å². The van der Waals surface area contributed by atoms with Crippen LogP contribution in [-0.2, 0) is 13.1 Å². The van der Waals surface area contributed by atoms with Crippen molar-refractivity contribution in [3.8, 4) is 0 Å². The third kappa shape index (κ3) is 3.13. The van der Waals surface area contributed by atoms with Crippen molar-refractivity contribution in [2.45, 2.75) is 32.9 Å². The summed E-state index contributed by atoms with van der Waals surface area (Å²) in [6.45, 7) is 7.88. The van der Waals surface area contributed by atoms with Crippen LogP contribution < -0.4 is 0 Å². The monoisotopic (exact) mass is 344 g/mol. The van der Waals surface area contributed by atoms with Crippen LogP contribution in [0.1, 0.15) is 33.9 Å². The van der Waals surface area contributed by atoms with E-state index >= 15 is 0 Å². The van der Waals surface area contributed by atoms with Gasteiger partial charge in [0.2, 0.25) is 0 Å². The summed E-state index contributed by atoms with van der Waals surface area (Å²) in [5.41, 5.74) is 1.08. The zero-order chi connectivity index (χ0) is 16.5. The molecule has 4 heterocycles. The fraction of sp³-hybridized carbons (Fsp3) is 0.556. The molecule has 0 unspecified atom stereocenters. The highest BCUT2D eigenvalue weighted by Gasteiger charge is 2.29. The van der Waals surface area contributed by atoms with E-state index in [0.29, 0.717) is 12.5 Å². The molecule has 2 aliphatic rings. The molecule has 4 rings (SSSR count). The lowest BCUT2D eigenvalue weighted by Gasteiger charge is -2.27. The Balaban J connectivity index is 1.57. The third-order valence-corrected chi connectivity index (χ3v) is 6.13. The molecule has 128 valence electrons. The number of carbonyl (C=O) groups is 1. The fourth-order valence-corrected chi connectivity index (χ4v) is 4.77. The summed E-state index contributed by atoms with van der Waals surface area (Å²) in [5, 5.41) is 2.00. The average Bonchev–Trinajstić information content (AvgIpc) is 3.28. The van der Waals surface area contributed by atoms with Crippen LogP contribution >= 0.6 is 11.3 Å². The molecule has 1 saturated heterocycles. The van der Waals surface area contributed by atoms with Crippen molar-refractivity contribution in [3.05, 3.63) is 40.1 Å². The Morgan fingerprint density at radius 1 is 1.33 bits per heavy atom. The summed E-state index contributed by atoms with van der Waals surface area (Å²) in [6, 6.07) is 2.03. The summed E-state index contributed by atoms with van der Waals surface area (Å²) in [7, 11) is 0. The first-order chi connectivity index (χ1) is 11.7. The van der Waals surface area contributed by atoms with E-state index in [1.54, 1.807) is 11.3 Å². The summed E-state index contributed by atoms with van der Waals surface area (Å²) in [5.74, 6) is 1.62. The van der Waals surface area contributed by atoms with Gasteiger partial charge in [0, 0.05) is 37.9 Å².